The zero-order valence-electron chi connectivity index (χ0n) is 18.7. The molecule has 170 valence electrons. The second-order valence-corrected chi connectivity index (χ2v) is 8.15. The van der Waals surface area contributed by atoms with Crippen molar-refractivity contribution in [3.63, 3.8) is 0 Å². The number of nitrogens with zero attached hydrogens (tertiary/aromatic N) is 1. The molecule has 0 radical (unpaired) electrons. The number of imide groups is 1. The predicted octanol–water partition coefficient (Wildman–Crippen LogP) is 5.29. The number of carbonyl (C=O) groups is 2. The van der Waals surface area contributed by atoms with Gasteiger partial charge in [0.25, 0.3) is 11.8 Å². The normalized spacial score (nSPS) is 12.8. The molecule has 5 nitrogen and oxygen atoms in total. The third-order valence-electron chi connectivity index (χ3n) is 5.69. The van der Waals surface area contributed by atoms with Crippen molar-refractivity contribution in [1.82, 2.24) is 4.90 Å². The summed E-state index contributed by atoms with van der Waals surface area (Å²) in [7, 11) is 0. The first-order chi connectivity index (χ1) is 16.2. The van der Waals surface area contributed by atoms with Crippen LogP contribution in [0.15, 0.2) is 78.9 Å². The van der Waals surface area contributed by atoms with Gasteiger partial charge in [-0.25, -0.2) is 0 Å². The summed E-state index contributed by atoms with van der Waals surface area (Å²) in [5.74, 6) is 0.458. The fourth-order valence-electron chi connectivity index (χ4n) is 3.93. The Labute approximate surface area is 194 Å². The van der Waals surface area contributed by atoms with Gasteiger partial charge in [-0.3, -0.25) is 14.5 Å². The Morgan fingerprint density at radius 3 is 2.09 bits per heavy atom. The van der Waals surface area contributed by atoms with E-state index in [1.807, 2.05) is 42.5 Å². The lowest BCUT2D eigenvalue weighted by molar-refractivity contribution is 0.0652. The number of fused-ring (bicyclic) bond motifs is 1. The van der Waals surface area contributed by atoms with Gasteiger partial charge in [-0.05, 0) is 61.1 Å². The van der Waals surface area contributed by atoms with Crippen LogP contribution in [0.3, 0.4) is 0 Å². The number of benzene rings is 3. The SMILES string of the molecule is O=C1c2ccccc2C(=O)N1CCCc1cccc(OCCCCOCc2ccccc2)c1. The number of ether oxygens (including phenoxy) is 2. The average molecular weight is 444 g/mol. The molecule has 0 saturated heterocycles. The van der Waals surface area contributed by atoms with E-state index >= 15 is 0 Å². The topological polar surface area (TPSA) is 55.8 Å². The predicted molar refractivity (Wildman–Crippen MR) is 127 cm³/mol. The molecule has 1 aliphatic rings. The Bertz CT molecular complexity index is 1050. The zero-order chi connectivity index (χ0) is 22.9. The maximum absolute atomic E-state index is 12.5. The van der Waals surface area contributed by atoms with Crippen molar-refractivity contribution in [2.45, 2.75) is 32.3 Å². The van der Waals surface area contributed by atoms with Crippen LogP contribution in [0.5, 0.6) is 5.75 Å². The van der Waals surface area contributed by atoms with E-state index in [4.69, 9.17) is 9.47 Å². The number of rotatable bonds is 12. The van der Waals surface area contributed by atoms with Crippen LogP contribution < -0.4 is 4.74 Å². The second kappa shape index (κ2) is 11.4. The van der Waals surface area contributed by atoms with Crippen molar-refractivity contribution in [2.75, 3.05) is 19.8 Å². The largest absolute Gasteiger partial charge is 0.494 e. The zero-order valence-corrected chi connectivity index (χ0v) is 18.7. The van der Waals surface area contributed by atoms with Crippen LogP contribution in [0, 0.1) is 0 Å². The number of hydrogen-bond donors (Lipinski definition) is 0. The van der Waals surface area contributed by atoms with Crippen molar-refractivity contribution in [3.8, 4) is 5.75 Å². The summed E-state index contributed by atoms with van der Waals surface area (Å²) in [5, 5.41) is 0. The summed E-state index contributed by atoms with van der Waals surface area (Å²) >= 11 is 0. The summed E-state index contributed by atoms with van der Waals surface area (Å²) in [6.07, 6.45) is 3.37. The molecule has 4 rings (SSSR count). The molecule has 0 unspecified atom stereocenters. The average Bonchev–Trinajstić information content (AvgIpc) is 3.09. The number of unbranched alkanes of at least 4 members (excludes halogenated alkanes) is 1. The first-order valence-corrected chi connectivity index (χ1v) is 11.5. The van der Waals surface area contributed by atoms with Crippen molar-refractivity contribution < 1.29 is 19.1 Å². The van der Waals surface area contributed by atoms with Gasteiger partial charge >= 0.3 is 0 Å². The van der Waals surface area contributed by atoms with Gasteiger partial charge in [0.15, 0.2) is 0 Å². The van der Waals surface area contributed by atoms with Crippen molar-refractivity contribution in [1.29, 1.82) is 0 Å². The lowest BCUT2D eigenvalue weighted by Gasteiger charge is -2.14. The molecule has 0 aromatic heterocycles. The Morgan fingerprint density at radius 1 is 0.667 bits per heavy atom. The number of aryl methyl sites for hydroxylation is 1. The first kappa shape index (κ1) is 22.7. The highest BCUT2D eigenvalue weighted by Crippen LogP contribution is 2.23. The first-order valence-electron chi connectivity index (χ1n) is 11.5. The summed E-state index contributed by atoms with van der Waals surface area (Å²) in [4.78, 5) is 26.3. The van der Waals surface area contributed by atoms with Gasteiger partial charge in [0.2, 0.25) is 0 Å². The van der Waals surface area contributed by atoms with E-state index in [1.165, 1.54) is 10.5 Å². The number of amides is 2. The van der Waals surface area contributed by atoms with E-state index in [2.05, 4.69) is 12.1 Å². The molecule has 0 bridgehead atoms. The monoisotopic (exact) mass is 443 g/mol. The Morgan fingerprint density at radius 2 is 1.33 bits per heavy atom. The molecule has 0 N–H and O–H groups in total. The smallest absolute Gasteiger partial charge is 0.261 e. The summed E-state index contributed by atoms with van der Waals surface area (Å²) in [5.41, 5.74) is 3.33. The molecule has 3 aromatic rings. The highest BCUT2D eigenvalue weighted by Gasteiger charge is 2.34. The van der Waals surface area contributed by atoms with Crippen molar-refractivity contribution in [2.24, 2.45) is 0 Å². The summed E-state index contributed by atoms with van der Waals surface area (Å²) < 4.78 is 11.6. The highest BCUT2D eigenvalue weighted by molar-refractivity contribution is 6.21. The molecular weight excluding hydrogens is 414 g/mol. The fourth-order valence-corrected chi connectivity index (χ4v) is 3.93. The van der Waals surface area contributed by atoms with Gasteiger partial charge in [0.1, 0.15) is 5.75 Å². The Hall–Kier alpha value is -3.44. The quantitative estimate of drug-likeness (QED) is 0.282. The summed E-state index contributed by atoms with van der Waals surface area (Å²) in [6.45, 7) is 2.42. The third kappa shape index (κ3) is 6.08. The molecule has 0 spiro atoms. The van der Waals surface area contributed by atoms with Crippen molar-refractivity contribution in [3.05, 3.63) is 101 Å². The minimum atomic E-state index is -0.194. The van der Waals surface area contributed by atoms with E-state index in [9.17, 15) is 9.59 Å². The van der Waals surface area contributed by atoms with Crippen LogP contribution in [0.1, 0.15) is 51.1 Å². The highest BCUT2D eigenvalue weighted by atomic mass is 16.5. The van der Waals surface area contributed by atoms with Gasteiger partial charge in [-0.1, -0.05) is 54.6 Å². The number of hydrogen-bond acceptors (Lipinski definition) is 4. The minimum absolute atomic E-state index is 0.194. The minimum Gasteiger partial charge on any atom is -0.494 e. The molecule has 1 heterocycles. The maximum atomic E-state index is 12.5. The van der Waals surface area contributed by atoms with E-state index < -0.39 is 0 Å². The van der Waals surface area contributed by atoms with Crippen LogP contribution in [0.25, 0.3) is 0 Å². The van der Waals surface area contributed by atoms with Crippen LogP contribution in [0.2, 0.25) is 0 Å². The standard InChI is InChI=1S/C28H29NO4/c30-27-25-15-4-5-16-26(25)28(31)29(27)17-9-13-22-12-8-14-24(20-22)33-19-7-6-18-32-21-23-10-2-1-3-11-23/h1-5,8,10-12,14-16,20H,6-7,9,13,17-19,21H2. The molecule has 3 aromatic carbocycles. The van der Waals surface area contributed by atoms with Gasteiger partial charge < -0.3 is 9.47 Å². The van der Waals surface area contributed by atoms with Crippen LogP contribution in [-0.2, 0) is 17.8 Å². The Balaban J connectivity index is 1.14. The molecule has 2 amide bonds. The van der Waals surface area contributed by atoms with Gasteiger partial charge in [-0.2, -0.15) is 0 Å². The van der Waals surface area contributed by atoms with E-state index in [0.717, 1.165) is 37.2 Å². The Kier molecular flexibility index (Phi) is 7.88. The molecule has 1 aliphatic heterocycles. The van der Waals surface area contributed by atoms with E-state index in [-0.39, 0.29) is 11.8 Å². The van der Waals surface area contributed by atoms with Crippen molar-refractivity contribution >= 4 is 11.8 Å². The van der Waals surface area contributed by atoms with Crippen LogP contribution >= 0.6 is 0 Å². The summed E-state index contributed by atoms with van der Waals surface area (Å²) in [6, 6.07) is 25.2. The molecule has 0 fully saturated rings. The van der Waals surface area contributed by atoms with Gasteiger partial charge in [0.05, 0.1) is 24.3 Å². The molecule has 0 aliphatic carbocycles. The maximum Gasteiger partial charge on any atom is 0.261 e. The van der Waals surface area contributed by atoms with E-state index in [1.54, 1.807) is 24.3 Å². The van der Waals surface area contributed by atoms with Crippen LogP contribution in [0.4, 0.5) is 0 Å². The lowest BCUT2D eigenvalue weighted by atomic mass is 10.1. The molecule has 0 saturated carbocycles. The van der Waals surface area contributed by atoms with Crippen LogP contribution in [-0.4, -0.2) is 36.5 Å². The third-order valence-corrected chi connectivity index (χ3v) is 5.69. The second-order valence-electron chi connectivity index (χ2n) is 8.15. The van der Waals surface area contributed by atoms with Gasteiger partial charge in [0, 0.05) is 13.2 Å². The fraction of sp³-hybridized carbons (Fsp3) is 0.286. The van der Waals surface area contributed by atoms with Gasteiger partial charge in [-0.15, -0.1) is 0 Å². The molecular formula is C28H29NO4. The van der Waals surface area contributed by atoms with E-state index in [0.29, 0.717) is 37.3 Å². The molecule has 5 heteroatoms. The molecule has 0 atom stereocenters. The lowest BCUT2D eigenvalue weighted by Crippen LogP contribution is -2.30. The number of carbonyl (C=O) groups excluding carboxylic acids is 2. The molecule has 33 heavy (non-hydrogen) atoms.